The smallest absolute Gasteiger partial charge is 0.338 e. The highest BCUT2D eigenvalue weighted by atomic mass is 32.1. The number of ether oxygens (including phenoxy) is 1. The number of nitrogens with one attached hydrogen (secondary N) is 2. The van der Waals surface area contributed by atoms with Crippen LogP contribution in [0, 0.1) is 5.41 Å². The number of carbonyl (C=O) groups excluding carboxylic acids is 1. The number of benzene rings is 1. The average molecular weight is 401 g/mol. The van der Waals surface area contributed by atoms with E-state index in [4.69, 9.17) is 9.72 Å². The molecule has 0 bridgehead atoms. The van der Waals surface area contributed by atoms with E-state index >= 15 is 0 Å². The second-order valence-electron chi connectivity index (χ2n) is 7.39. The number of imidazole rings is 1. The Morgan fingerprint density at radius 3 is 2.86 bits per heavy atom. The topological polar surface area (TPSA) is 79.9 Å². The maximum Gasteiger partial charge on any atom is 0.338 e. The van der Waals surface area contributed by atoms with Gasteiger partial charge in [-0.3, -0.25) is 0 Å². The van der Waals surface area contributed by atoms with Gasteiger partial charge >= 0.3 is 5.97 Å². The number of esters is 1. The molecule has 1 aliphatic carbocycles. The molecule has 0 saturated heterocycles. The summed E-state index contributed by atoms with van der Waals surface area (Å²) in [6.45, 7) is 10.8. The molecule has 150 valence electrons. The largest absolute Gasteiger partial charge is 0.462 e. The highest BCUT2D eigenvalue weighted by Gasteiger charge is 2.28. The number of aromatic nitrogens is 3. The summed E-state index contributed by atoms with van der Waals surface area (Å²) >= 11 is 1.70. The molecule has 1 aliphatic rings. The fourth-order valence-corrected chi connectivity index (χ4v) is 4.53. The van der Waals surface area contributed by atoms with E-state index in [-0.39, 0.29) is 5.97 Å². The first-order chi connectivity index (χ1) is 13.4. The number of carbonyl (C=O) groups is 1. The van der Waals surface area contributed by atoms with Crippen LogP contribution >= 0.6 is 11.3 Å². The molecule has 0 unspecified atom stereocenters. The molecule has 3 aromatic rings. The zero-order valence-electron chi connectivity index (χ0n) is 17.2. The van der Waals surface area contributed by atoms with Crippen molar-refractivity contribution in [1.29, 1.82) is 0 Å². The Labute approximate surface area is 169 Å². The molecular formula is C21H28N4O2S. The summed E-state index contributed by atoms with van der Waals surface area (Å²) in [4.78, 5) is 25.7. The monoisotopic (exact) mass is 400 g/mol. The highest BCUT2D eigenvalue weighted by molar-refractivity contribution is 7.15. The van der Waals surface area contributed by atoms with Crippen molar-refractivity contribution < 1.29 is 9.53 Å². The molecule has 7 heteroatoms. The van der Waals surface area contributed by atoms with Crippen molar-refractivity contribution in [3.05, 3.63) is 34.3 Å². The molecule has 28 heavy (non-hydrogen) atoms. The molecule has 0 saturated carbocycles. The van der Waals surface area contributed by atoms with Crippen LogP contribution in [0.15, 0.2) is 18.2 Å². The van der Waals surface area contributed by atoms with Gasteiger partial charge in [0.15, 0.2) is 5.13 Å². The number of thiazole rings is 1. The molecule has 1 aromatic carbocycles. The summed E-state index contributed by atoms with van der Waals surface area (Å²) < 4.78 is 5.05. The minimum atomic E-state index is -0.325. The standard InChI is InChI=1S/C19H22N4O2S.C2H6/c1-4-25-16(24)11-5-6-12-14(9-11)21-17(20-12)23-18-22-13-7-8-19(2,3)10-15(13)26-18;1-2/h5-6,9H,4,7-8,10H2,1-3H3,(H2,20,21,22,23);1-2H3. The van der Waals surface area contributed by atoms with Crippen LogP contribution in [0.25, 0.3) is 11.0 Å². The van der Waals surface area contributed by atoms with Gasteiger partial charge in [-0.2, -0.15) is 0 Å². The zero-order valence-corrected chi connectivity index (χ0v) is 18.0. The Bertz CT molecular complexity index is 974. The van der Waals surface area contributed by atoms with E-state index < -0.39 is 0 Å². The molecule has 0 spiro atoms. The first kappa shape index (κ1) is 20.3. The van der Waals surface area contributed by atoms with Crippen LogP contribution in [0.5, 0.6) is 0 Å². The van der Waals surface area contributed by atoms with Gasteiger partial charge in [0, 0.05) is 4.88 Å². The van der Waals surface area contributed by atoms with Crippen molar-refractivity contribution in [2.45, 2.75) is 53.9 Å². The number of rotatable bonds is 4. The highest BCUT2D eigenvalue weighted by Crippen LogP contribution is 2.39. The minimum absolute atomic E-state index is 0.325. The number of H-pyrrole nitrogens is 1. The maximum atomic E-state index is 11.9. The van der Waals surface area contributed by atoms with Crippen LogP contribution in [0.3, 0.4) is 0 Å². The molecule has 2 N–H and O–H groups in total. The van der Waals surface area contributed by atoms with Crippen LogP contribution in [-0.2, 0) is 17.6 Å². The lowest BCUT2D eigenvalue weighted by Gasteiger charge is -2.28. The fourth-order valence-electron chi connectivity index (χ4n) is 3.26. The third kappa shape index (κ3) is 4.35. The Hall–Kier alpha value is -2.41. The number of nitrogens with zero attached hydrogens (tertiary/aromatic N) is 2. The number of hydrogen-bond acceptors (Lipinski definition) is 6. The van der Waals surface area contributed by atoms with E-state index in [0.29, 0.717) is 23.5 Å². The number of hydrogen-bond donors (Lipinski definition) is 2. The van der Waals surface area contributed by atoms with E-state index in [2.05, 4.69) is 29.1 Å². The van der Waals surface area contributed by atoms with Crippen LogP contribution in [0.1, 0.15) is 62.0 Å². The van der Waals surface area contributed by atoms with Gasteiger partial charge in [-0.05, 0) is 49.8 Å². The molecular weight excluding hydrogens is 372 g/mol. The molecule has 0 radical (unpaired) electrons. The fraction of sp³-hybridized carbons (Fsp3) is 0.476. The predicted octanol–water partition coefficient (Wildman–Crippen LogP) is 5.48. The van der Waals surface area contributed by atoms with Gasteiger partial charge in [0.25, 0.3) is 0 Å². The number of anilines is 2. The minimum Gasteiger partial charge on any atom is -0.462 e. The van der Waals surface area contributed by atoms with E-state index in [1.165, 1.54) is 17.0 Å². The van der Waals surface area contributed by atoms with Crippen molar-refractivity contribution in [1.82, 2.24) is 15.0 Å². The van der Waals surface area contributed by atoms with Gasteiger partial charge in [-0.1, -0.05) is 27.7 Å². The van der Waals surface area contributed by atoms with Crippen molar-refractivity contribution in [2.75, 3.05) is 11.9 Å². The van der Waals surface area contributed by atoms with Crippen molar-refractivity contribution in [3.8, 4) is 0 Å². The molecule has 2 aromatic heterocycles. The Balaban J connectivity index is 0.00000109. The van der Waals surface area contributed by atoms with Gasteiger partial charge < -0.3 is 15.0 Å². The second kappa shape index (κ2) is 8.31. The van der Waals surface area contributed by atoms with Crippen molar-refractivity contribution in [2.24, 2.45) is 5.41 Å². The van der Waals surface area contributed by atoms with Crippen LogP contribution in [-0.4, -0.2) is 27.5 Å². The number of aromatic amines is 1. The normalized spacial score (nSPS) is 14.8. The lowest BCUT2D eigenvalue weighted by atomic mass is 9.79. The lowest BCUT2D eigenvalue weighted by Crippen LogP contribution is -2.20. The molecule has 0 amide bonds. The van der Waals surface area contributed by atoms with Gasteiger partial charge in [0.05, 0.1) is 28.9 Å². The van der Waals surface area contributed by atoms with E-state index in [9.17, 15) is 4.79 Å². The number of fused-ring (bicyclic) bond motifs is 2. The maximum absolute atomic E-state index is 11.9. The summed E-state index contributed by atoms with van der Waals surface area (Å²) in [5.74, 6) is 0.306. The molecule has 4 rings (SSSR count). The summed E-state index contributed by atoms with van der Waals surface area (Å²) in [6.07, 6.45) is 3.28. The first-order valence-corrected chi connectivity index (χ1v) is 10.7. The molecule has 6 nitrogen and oxygen atoms in total. The van der Waals surface area contributed by atoms with Gasteiger partial charge in [0.2, 0.25) is 5.95 Å². The van der Waals surface area contributed by atoms with Crippen molar-refractivity contribution >= 4 is 39.4 Å². The third-order valence-corrected chi connectivity index (χ3v) is 5.69. The van der Waals surface area contributed by atoms with Crippen LogP contribution < -0.4 is 5.32 Å². The Morgan fingerprint density at radius 2 is 2.11 bits per heavy atom. The molecule has 0 aliphatic heterocycles. The first-order valence-electron chi connectivity index (χ1n) is 9.86. The van der Waals surface area contributed by atoms with E-state index in [1.807, 2.05) is 19.9 Å². The molecule has 0 atom stereocenters. The van der Waals surface area contributed by atoms with E-state index in [0.717, 1.165) is 29.0 Å². The summed E-state index contributed by atoms with van der Waals surface area (Å²) in [7, 11) is 0. The Morgan fingerprint density at radius 1 is 1.32 bits per heavy atom. The SMILES string of the molecule is CC.CCOC(=O)c1ccc2nc(Nc3nc4c(s3)CC(C)(C)CC4)[nH]c2c1. The van der Waals surface area contributed by atoms with E-state index in [1.54, 1.807) is 30.4 Å². The predicted molar refractivity (Wildman–Crippen MR) is 115 cm³/mol. The summed E-state index contributed by atoms with van der Waals surface area (Å²) in [5.41, 5.74) is 3.65. The number of aryl methyl sites for hydroxylation is 1. The van der Waals surface area contributed by atoms with Crippen molar-refractivity contribution in [3.63, 3.8) is 0 Å². The van der Waals surface area contributed by atoms with Gasteiger partial charge in [-0.15, -0.1) is 11.3 Å². The van der Waals surface area contributed by atoms with Crippen LogP contribution in [0.2, 0.25) is 0 Å². The second-order valence-corrected chi connectivity index (χ2v) is 8.48. The van der Waals surface area contributed by atoms with Crippen LogP contribution in [0.4, 0.5) is 11.1 Å². The third-order valence-electron chi connectivity index (χ3n) is 4.67. The quantitative estimate of drug-likeness (QED) is 0.567. The summed E-state index contributed by atoms with van der Waals surface area (Å²) in [6, 6.07) is 5.31. The zero-order chi connectivity index (χ0) is 20.3. The average Bonchev–Trinajstić information content (AvgIpc) is 3.24. The molecule has 0 fully saturated rings. The van der Waals surface area contributed by atoms with Gasteiger partial charge in [0.1, 0.15) is 0 Å². The lowest BCUT2D eigenvalue weighted by molar-refractivity contribution is 0.0526. The Kier molecular flexibility index (Phi) is 6.03. The van der Waals surface area contributed by atoms with Gasteiger partial charge in [-0.25, -0.2) is 14.8 Å². The molecule has 2 heterocycles. The summed E-state index contributed by atoms with van der Waals surface area (Å²) in [5, 5.41) is 4.14.